The lowest BCUT2D eigenvalue weighted by molar-refractivity contribution is 0.0738. The predicted octanol–water partition coefficient (Wildman–Crippen LogP) is 3.49. The summed E-state index contributed by atoms with van der Waals surface area (Å²) in [5.41, 5.74) is 4.62. The van der Waals surface area contributed by atoms with Gasteiger partial charge in [0, 0.05) is 13.1 Å². The molecular weight excluding hydrogens is 314 g/mol. The fourth-order valence-electron chi connectivity index (χ4n) is 2.85. The number of aliphatic hydroxyl groups excluding tert-OH is 1. The first kappa shape index (κ1) is 19.3. The number of ether oxygens (including phenoxy) is 2. The molecular formula is C21H29NO3. The molecule has 25 heavy (non-hydrogen) atoms. The number of methoxy groups -OCH3 is 1. The second kappa shape index (κ2) is 8.88. The van der Waals surface area contributed by atoms with E-state index in [4.69, 9.17) is 9.47 Å². The van der Waals surface area contributed by atoms with Gasteiger partial charge >= 0.3 is 0 Å². The number of aryl methyl sites for hydroxylation is 2. The van der Waals surface area contributed by atoms with Crippen LogP contribution < -0.4 is 9.47 Å². The van der Waals surface area contributed by atoms with Crippen LogP contribution in [0.2, 0.25) is 0 Å². The zero-order valence-corrected chi connectivity index (χ0v) is 15.9. The van der Waals surface area contributed by atoms with Crippen molar-refractivity contribution < 1.29 is 14.6 Å². The van der Waals surface area contributed by atoms with Gasteiger partial charge in [0.2, 0.25) is 0 Å². The molecule has 0 amide bonds. The summed E-state index contributed by atoms with van der Waals surface area (Å²) in [5, 5.41) is 10.3. The molecule has 0 fully saturated rings. The molecule has 0 spiro atoms. The molecule has 0 heterocycles. The molecule has 0 aliphatic heterocycles. The van der Waals surface area contributed by atoms with E-state index >= 15 is 0 Å². The molecule has 0 aliphatic rings. The van der Waals surface area contributed by atoms with Gasteiger partial charge in [0.1, 0.15) is 24.2 Å². The van der Waals surface area contributed by atoms with Crippen LogP contribution in [0.1, 0.15) is 22.3 Å². The zero-order chi connectivity index (χ0) is 18.4. The smallest absolute Gasteiger partial charge is 0.125 e. The average molecular weight is 343 g/mol. The SMILES string of the molecule is COc1ccc(CN(C)C[C@H](O)COc2c(C)ccc(C)c2C)cc1. The van der Waals surface area contributed by atoms with E-state index in [9.17, 15) is 5.11 Å². The first-order valence-electron chi connectivity index (χ1n) is 8.60. The number of rotatable bonds is 8. The summed E-state index contributed by atoms with van der Waals surface area (Å²) < 4.78 is 11.1. The lowest BCUT2D eigenvalue weighted by Crippen LogP contribution is -2.33. The van der Waals surface area contributed by atoms with Crippen molar-refractivity contribution in [2.75, 3.05) is 27.3 Å². The first-order valence-corrected chi connectivity index (χ1v) is 8.60. The number of nitrogens with zero attached hydrogens (tertiary/aromatic N) is 1. The van der Waals surface area contributed by atoms with E-state index in [1.165, 1.54) is 11.1 Å². The Labute approximate surface area is 151 Å². The number of benzene rings is 2. The van der Waals surface area contributed by atoms with Crippen LogP contribution in [0.4, 0.5) is 0 Å². The Balaban J connectivity index is 1.85. The minimum absolute atomic E-state index is 0.290. The van der Waals surface area contributed by atoms with Crippen molar-refractivity contribution in [3.8, 4) is 11.5 Å². The topological polar surface area (TPSA) is 41.9 Å². The normalized spacial score (nSPS) is 12.3. The number of aliphatic hydroxyl groups is 1. The third kappa shape index (κ3) is 5.48. The van der Waals surface area contributed by atoms with Crippen LogP contribution in [0.3, 0.4) is 0 Å². The maximum Gasteiger partial charge on any atom is 0.125 e. The summed E-state index contributed by atoms with van der Waals surface area (Å²) in [6, 6.07) is 12.1. The van der Waals surface area contributed by atoms with E-state index in [0.29, 0.717) is 6.54 Å². The molecule has 1 atom stereocenters. The highest BCUT2D eigenvalue weighted by atomic mass is 16.5. The summed E-state index contributed by atoms with van der Waals surface area (Å²) in [5.74, 6) is 1.74. The van der Waals surface area contributed by atoms with E-state index < -0.39 is 6.10 Å². The molecule has 0 unspecified atom stereocenters. The van der Waals surface area contributed by atoms with Gasteiger partial charge in [0.05, 0.1) is 7.11 Å². The van der Waals surface area contributed by atoms with Gasteiger partial charge in [-0.2, -0.15) is 0 Å². The standard InChI is InChI=1S/C21H29NO3/c1-15-6-7-16(2)21(17(15)3)25-14-19(23)13-22(4)12-18-8-10-20(24-5)11-9-18/h6-11,19,23H,12-14H2,1-5H3/t19-/m0/s1. The molecule has 1 N–H and O–H groups in total. The van der Waals surface area contributed by atoms with E-state index in [-0.39, 0.29) is 6.61 Å². The second-order valence-electron chi connectivity index (χ2n) is 6.66. The van der Waals surface area contributed by atoms with Crippen LogP contribution in [0.25, 0.3) is 0 Å². The van der Waals surface area contributed by atoms with Gasteiger partial charge in [-0.1, -0.05) is 24.3 Å². The fourth-order valence-corrected chi connectivity index (χ4v) is 2.85. The lowest BCUT2D eigenvalue weighted by atomic mass is 10.1. The maximum absolute atomic E-state index is 10.3. The van der Waals surface area contributed by atoms with Gasteiger partial charge in [-0.3, -0.25) is 4.90 Å². The van der Waals surface area contributed by atoms with Crippen molar-refractivity contribution in [3.63, 3.8) is 0 Å². The molecule has 0 bridgehead atoms. The molecule has 0 saturated carbocycles. The minimum Gasteiger partial charge on any atom is -0.497 e. The van der Waals surface area contributed by atoms with Gasteiger partial charge in [-0.25, -0.2) is 0 Å². The predicted molar refractivity (Wildman–Crippen MR) is 101 cm³/mol. The number of hydrogen-bond donors (Lipinski definition) is 1. The summed E-state index contributed by atoms with van der Waals surface area (Å²) in [6.45, 7) is 7.77. The highest BCUT2D eigenvalue weighted by Gasteiger charge is 2.12. The molecule has 2 aromatic rings. The van der Waals surface area contributed by atoms with E-state index in [0.717, 1.165) is 29.2 Å². The summed E-state index contributed by atoms with van der Waals surface area (Å²) in [4.78, 5) is 2.09. The summed E-state index contributed by atoms with van der Waals surface area (Å²) >= 11 is 0. The quantitative estimate of drug-likeness (QED) is 0.797. The van der Waals surface area contributed by atoms with Crippen LogP contribution in [0, 0.1) is 20.8 Å². The van der Waals surface area contributed by atoms with Crippen LogP contribution in [-0.4, -0.2) is 43.4 Å². The fraction of sp³-hybridized carbons (Fsp3) is 0.429. The first-order chi connectivity index (χ1) is 11.9. The third-order valence-electron chi connectivity index (χ3n) is 4.43. The Morgan fingerprint density at radius 3 is 2.28 bits per heavy atom. The number of likely N-dealkylation sites (N-methyl/N-ethyl adjacent to an activating group) is 1. The van der Waals surface area contributed by atoms with Gasteiger partial charge in [-0.05, 0) is 62.2 Å². The summed E-state index contributed by atoms with van der Waals surface area (Å²) in [7, 11) is 3.66. The maximum atomic E-state index is 10.3. The average Bonchev–Trinajstić information content (AvgIpc) is 2.59. The molecule has 0 radical (unpaired) electrons. The monoisotopic (exact) mass is 343 g/mol. The molecule has 2 aromatic carbocycles. The van der Waals surface area contributed by atoms with Gasteiger partial charge in [-0.15, -0.1) is 0 Å². The van der Waals surface area contributed by atoms with Crippen LogP contribution >= 0.6 is 0 Å². The van der Waals surface area contributed by atoms with Crippen molar-refractivity contribution in [1.29, 1.82) is 0 Å². The zero-order valence-electron chi connectivity index (χ0n) is 15.9. The Hall–Kier alpha value is -2.04. The highest BCUT2D eigenvalue weighted by Crippen LogP contribution is 2.25. The minimum atomic E-state index is -0.539. The molecule has 4 heteroatoms. The Bertz CT molecular complexity index is 682. The van der Waals surface area contributed by atoms with Crippen molar-refractivity contribution >= 4 is 0 Å². The molecule has 4 nitrogen and oxygen atoms in total. The molecule has 0 aromatic heterocycles. The van der Waals surface area contributed by atoms with E-state index in [1.807, 2.05) is 38.2 Å². The van der Waals surface area contributed by atoms with E-state index in [1.54, 1.807) is 7.11 Å². The Morgan fingerprint density at radius 2 is 1.64 bits per heavy atom. The second-order valence-corrected chi connectivity index (χ2v) is 6.66. The lowest BCUT2D eigenvalue weighted by Gasteiger charge is -2.22. The van der Waals surface area contributed by atoms with Crippen molar-refractivity contribution in [1.82, 2.24) is 4.90 Å². The van der Waals surface area contributed by atoms with Crippen molar-refractivity contribution in [3.05, 3.63) is 58.7 Å². The molecule has 0 aliphatic carbocycles. The van der Waals surface area contributed by atoms with Crippen LogP contribution in [0.5, 0.6) is 11.5 Å². The largest absolute Gasteiger partial charge is 0.497 e. The Kier molecular flexibility index (Phi) is 6.85. The van der Waals surface area contributed by atoms with Crippen LogP contribution in [0.15, 0.2) is 36.4 Å². The van der Waals surface area contributed by atoms with Crippen molar-refractivity contribution in [2.24, 2.45) is 0 Å². The van der Waals surface area contributed by atoms with E-state index in [2.05, 4.69) is 30.9 Å². The molecule has 136 valence electrons. The van der Waals surface area contributed by atoms with Crippen LogP contribution in [-0.2, 0) is 6.54 Å². The van der Waals surface area contributed by atoms with Gasteiger partial charge in [0.25, 0.3) is 0 Å². The number of hydrogen-bond acceptors (Lipinski definition) is 4. The van der Waals surface area contributed by atoms with Gasteiger partial charge in [0.15, 0.2) is 0 Å². The Morgan fingerprint density at radius 1 is 1.00 bits per heavy atom. The molecule has 0 saturated heterocycles. The third-order valence-corrected chi connectivity index (χ3v) is 4.43. The highest BCUT2D eigenvalue weighted by molar-refractivity contribution is 5.44. The van der Waals surface area contributed by atoms with Crippen molar-refractivity contribution in [2.45, 2.75) is 33.4 Å². The van der Waals surface area contributed by atoms with Gasteiger partial charge < -0.3 is 14.6 Å². The summed E-state index contributed by atoms with van der Waals surface area (Å²) in [6.07, 6.45) is -0.539. The molecule has 2 rings (SSSR count).